The van der Waals surface area contributed by atoms with Crippen LogP contribution in [0, 0.1) is 23.0 Å². The van der Waals surface area contributed by atoms with Crippen LogP contribution >= 0.6 is 15.9 Å². The number of benzene rings is 1. The van der Waals surface area contributed by atoms with Gasteiger partial charge < -0.3 is 9.88 Å². The zero-order valence-electron chi connectivity index (χ0n) is 14.5. The molecule has 0 aliphatic rings. The van der Waals surface area contributed by atoms with Crippen molar-refractivity contribution < 1.29 is 8.78 Å². The van der Waals surface area contributed by atoms with Crippen LogP contribution in [0.4, 0.5) is 14.6 Å². The maximum Gasteiger partial charge on any atom is 0.130 e. The fraction of sp³-hybridized carbons (Fsp3) is 0.211. The van der Waals surface area contributed by atoms with Crippen LogP contribution in [0.1, 0.15) is 18.2 Å². The highest BCUT2D eigenvalue weighted by atomic mass is 79.9. The maximum absolute atomic E-state index is 13.9. The van der Waals surface area contributed by atoms with Crippen LogP contribution in [0.5, 0.6) is 0 Å². The van der Waals surface area contributed by atoms with Crippen LogP contribution in [0.3, 0.4) is 0 Å². The first-order valence-electron chi connectivity index (χ1n) is 8.31. The summed E-state index contributed by atoms with van der Waals surface area (Å²) in [5.74, 6) is -0.630. The van der Waals surface area contributed by atoms with Crippen molar-refractivity contribution in [2.24, 2.45) is 0 Å². The maximum atomic E-state index is 13.9. The second kappa shape index (κ2) is 8.27. The molecule has 2 heterocycles. The molecule has 0 amide bonds. The predicted octanol–water partition coefficient (Wildman–Crippen LogP) is 4.53. The van der Waals surface area contributed by atoms with Gasteiger partial charge in [-0.3, -0.25) is 0 Å². The molecular weight excluding hydrogens is 416 g/mol. The number of hydrogen-bond donors (Lipinski definition) is 1. The summed E-state index contributed by atoms with van der Waals surface area (Å²) in [6, 6.07) is 8.14. The molecule has 0 radical (unpaired) electrons. The Morgan fingerprint density at radius 1 is 1.19 bits per heavy atom. The van der Waals surface area contributed by atoms with Gasteiger partial charge in [0.1, 0.15) is 35.5 Å². The minimum Gasteiger partial charge on any atom is -0.370 e. The highest BCUT2D eigenvalue weighted by Crippen LogP contribution is 2.22. The predicted molar refractivity (Wildman–Crippen MR) is 102 cm³/mol. The Morgan fingerprint density at radius 2 is 1.93 bits per heavy atom. The SMILES string of the molecule is CCn1cc(-c2cc(NCCc3c(F)cc(Br)cc3F)ncn2)cc1C#N. The highest BCUT2D eigenvalue weighted by Gasteiger charge is 2.11. The summed E-state index contributed by atoms with van der Waals surface area (Å²) < 4.78 is 30.0. The number of hydrogen-bond acceptors (Lipinski definition) is 4. The number of aryl methyl sites for hydroxylation is 1. The second-order valence-corrected chi connectivity index (χ2v) is 6.74. The fourth-order valence-corrected chi connectivity index (χ4v) is 3.14. The van der Waals surface area contributed by atoms with Gasteiger partial charge >= 0.3 is 0 Å². The van der Waals surface area contributed by atoms with E-state index in [2.05, 4.69) is 37.3 Å². The number of nitriles is 1. The monoisotopic (exact) mass is 431 g/mol. The Bertz CT molecular complexity index is 987. The minimum absolute atomic E-state index is 0.0265. The second-order valence-electron chi connectivity index (χ2n) is 5.83. The van der Waals surface area contributed by atoms with Crippen molar-refractivity contribution in [2.45, 2.75) is 19.9 Å². The average molecular weight is 432 g/mol. The quantitative estimate of drug-likeness (QED) is 0.622. The minimum atomic E-state index is -0.586. The summed E-state index contributed by atoms with van der Waals surface area (Å²) in [7, 11) is 0. The largest absolute Gasteiger partial charge is 0.370 e. The number of aromatic nitrogens is 3. The molecule has 0 saturated heterocycles. The molecule has 2 aromatic heterocycles. The van der Waals surface area contributed by atoms with E-state index in [-0.39, 0.29) is 12.0 Å². The number of halogens is 3. The summed E-state index contributed by atoms with van der Waals surface area (Å²) >= 11 is 3.06. The van der Waals surface area contributed by atoms with E-state index in [1.54, 1.807) is 12.1 Å². The van der Waals surface area contributed by atoms with E-state index in [9.17, 15) is 14.0 Å². The van der Waals surface area contributed by atoms with Crippen molar-refractivity contribution in [2.75, 3.05) is 11.9 Å². The molecule has 0 aliphatic carbocycles. The molecule has 3 aromatic rings. The van der Waals surface area contributed by atoms with E-state index in [4.69, 9.17) is 0 Å². The smallest absolute Gasteiger partial charge is 0.130 e. The molecule has 1 aromatic carbocycles. The number of nitrogens with zero attached hydrogens (tertiary/aromatic N) is 4. The zero-order chi connectivity index (χ0) is 19.4. The molecule has 0 aliphatic heterocycles. The van der Waals surface area contributed by atoms with Gasteiger partial charge in [0.05, 0.1) is 5.69 Å². The van der Waals surface area contributed by atoms with Crippen molar-refractivity contribution in [3.63, 3.8) is 0 Å². The molecule has 0 fully saturated rings. The Labute approximate surface area is 163 Å². The molecule has 0 unspecified atom stereocenters. The lowest BCUT2D eigenvalue weighted by Crippen LogP contribution is -2.09. The van der Waals surface area contributed by atoms with E-state index in [1.807, 2.05) is 17.7 Å². The Hall–Kier alpha value is -2.79. The van der Waals surface area contributed by atoms with Gasteiger partial charge in [-0.25, -0.2) is 18.7 Å². The number of rotatable bonds is 6. The van der Waals surface area contributed by atoms with Gasteiger partial charge in [0.25, 0.3) is 0 Å². The first-order valence-corrected chi connectivity index (χ1v) is 9.11. The number of anilines is 1. The van der Waals surface area contributed by atoms with Gasteiger partial charge in [0, 0.05) is 41.0 Å². The summed E-state index contributed by atoms with van der Waals surface area (Å²) in [6.45, 7) is 2.95. The normalized spacial score (nSPS) is 10.6. The van der Waals surface area contributed by atoms with Gasteiger partial charge in [-0.1, -0.05) is 15.9 Å². The molecule has 3 rings (SSSR count). The summed E-state index contributed by atoms with van der Waals surface area (Å²) in [5.41, 5.74) is 2.06. The lowest BCUT2D eigenvalue weighted by Gasteiger charge is -2.08. The summed E-state index contributed by atoms with van der Waals surface area (Å²) in [5, 5.41) is 12.2. The lowest BCUT2D eigenvalue weighted by atomic mass is 10.1. The van der Waals surface area contributed by atoms with Crippen LogP contribution in [0.25, 0.3) is 11.3 Å². The third kappa shape index (κ3) is 4.31. The molecule has 0 atom stereocenters. The molecule has 138 valence electrons. The lowest BCUT2D eigenvalue weighted by molar-refractivity contribution is 0.555. The van der Waals surface area contributed by atoms with Crippen LogP contribution in [0.2, 0.25) is 0 Å². The zero-order valence-corrected chi connectivity index (χ0v) is 16.1. The van der Waals surface area contributed by atoms with Gasteiger partial charge in [0.15, 0.2) is 0 Å². The van der Waals surface area contributed by atoms with Gasteiger partial charge in [-0.2, -0.15) is 5.26 Å². The van der Waals surface area contributed by atoms with Crippen molar-refractivity contribution in [1.29, 1.82) is 5.26 Å². The molecular formula is C19H16BrF2N5. The van der Waals surface area contributed by atoms with E-state index in [1.165, 1.54) is 18.5 Å². The molecule has 0 saturated carbocycles. The van der Waals surface area contributed by atoms with E-state index in [0.717, 1.165) is 5.56 Å². The van der Waals surface area contributed by atoms with Crippen LogP contribution in [0.15, 0.2) is 41.3 Å². The Balaban J connectivity index is 1.72. The molecule has 27 heavy (non-hydrogen) atoms. The first kappa shape index (κ1) is 19.0. The standard InChI is InChI=1S/C19H16BrF2N5/c1-2-27-10-12(5-14(27)9-23)18-8-19(26-11-25-18)24-4-3-15-16(21)6-13(20)7-17(15)22/h5-8,10-11H,2-4H2,1H3,(H,24,25,26). The van der Waals surface area contributed by atoms with Crippen LogP contribution in [-0.4, -0.2) is 21.1 Å². The van der Waals surface area contributed by atoms with Crippen molar-refractivity contribution in [3.05, 3.63) is 64.2 Å². The Kier molecular flexibility index (Phi) is 5.81. The Morgan fingerprint density at radius 3 is 2.56 bits per heavy atom. The van der Waals surface area contributed by atoms with E-state index >= 15 is 0 Å². The molecule has 0 spiro atoms. The molecule has 8 heteroatoms. The molecule has 0 bridgehead atoms. The van der Waals surface area contributed by atoms with Crippen molar-refractivity contribution in [3.8, 4) is 17.3 Å². The topological polar surface area (TPSA) is 66.5 Å². The third-order valence-electron chi connectivity index (χ3n) is 4.10. The van der Waals surface area contributed by atoms with Crippen LogP contribution < -0.4 is 5.32 Å². The average Bonchev–Trinajstić information content (AvgIpc) is 3.07. The van der Waals surface area contributed by atoms with Crippen LogP contribution in [-0.2, 0) is 13.0 Å². The molecule has 1 N–H and O–H groups in total. The van der Waals surface area contributed by atoms with Gasteiger partial charge in [-0.05, 0) is 31.5 Å². The van der Waals surface area contributed by atoms with Crippen molar-refractivity contribution >= 4 is 21.7 Å². The molecule has 5 nitrogen and oxygen atoms in total. The fourth-order valence-electron chi connectivity index (χ4n) is 2.74. The summed E-state index contributed by atoms with van der Waals surface area (Å²) in [6.07, 6.45) is 3.44. The van der Waals surface area contributed by atoms with Gasteiger partial charge in [-0.15, -0.1) is 0 Å². The van der Waals surface area contributed by atoms with Crippen molar-refractivity contribution in [1.82, 2.24) is 14.5 Å². The van der Waals surface area contributed by atoms with E-state index < -0.39 is 11.6 Å². The first-order chi connectivity index (χ1) is 13.0. The highest BCUT2D eigenvalue weighted by molar-refractivity contribution is 9.10. The number of nitrogens with one attached hydrogen (secondary N) is 1. The van der Waals surface area contributed by atoms with E-state index in [0.29, 0.717) is 34.8 Å². The van der Waals surface area contributed by atoms with Gasteiger partial charge in [0.2, 0.25) is 0 Å². The summed E-state index contributed by atoms with van der Waals surface area (Å²) in [4.78, 5) is 8.37. The third-order valence-corrected chi connectivity index (χ3v) is 4.56.